The number of halogens is 1. The first-order chi connectivity index (χ1) is 6.74. The summed E-state index contributed by atoms with van der Waals surface area (Å²) in [5, 5.41) is 0. The second kappa shape index (κ2) is 5.51. The van der Waals surface area contributed by atoms with Crippen LogP contribution in [0.15, 0.2) is 16.7 Å². The van der Waals surface area contributed by atoms with Gasteiger partial charge in [-0.2, -0.15) is 0 Å². The number of ether oxygens (including phenoxy) is 1. The molecule has 0 spiro atoms. The monoisotopic (exact) mass is 254 g/mol. The smallest absolute Gasteiger partial charge is 0.123 e. The number of rotatable bonds is 2. The van der Waals surface area contributed by atoms with Gasteiger partial charge in [-0.25, -0.2) is 4.98 Å². The first kappa shape index (κ1) is 10.9. The molecule has 0 aliphatic heterocycles. The Morgan fingerprint density at radius 2 is 2.43 bits per heavy atom. The fourth-order valence-corrected chi connectivity index (χ4v) is 1.25. The van der Waals surface area contributed by atoms with E-state index < -0.39 is 0 Å². The molecule has 0 amide bonds. The van der Waals surface area contributed by atoms with Gasteiger partial charge >= 0.3 is 0 Å². The lowest BCUT2D eigenvalue weighted by molar-refractivity contribution is 0.299. The van der Waals surface area contributed by atoms with Crippen LogP contribution in [0.25, 0.3) is 0 Å². The van der Waals surface area contributed by atoms with Crippen LogP contribution >= 0.6 is 15.9 Å². The Morgan fingerprint density at radius 3 is 3.14 bits per heavy atom. The van der Waals surface area contributed by atoms with E-state index in [9.17, 15) is 0 Å². The lowest BCUT2D eigenvalue weighted by Crippen LogP contribution is -1.93. The van der Waals surface area contributed by atoms with Crippen molar-refractivity contribution in [3.05, 3.63) is 22.3 Å². The van der Waals surface area contributed by atoms with Crippen LogP contribution in [-0.2, 0) is 11.2 Å². The van der Waals surface area contributed by atoms with E-state index in [1.165, 1.54) is 0 Å². The number of hydrogen-bond donors (Lipinski definition) is 1. The molecule has 3 nitrogen and oxygen atoms in total. The number of aromatic nitrogens is 1. The number of nitrogens with zero attached hydrogens (tertiary/aromatic N) is 1. The molecule has 4 heteroatoms. The van der Waals surface area contributed by atoms with Crippen LogP contribution in [-0.4, -0.2) is 11.6 Å². The third-order valence-electron chi connectivity index (χ3n) is 1.52. The van der Waals surface area contributed by atoms with E-state index >= 15 is 0 Å². The number of nitrogen functional groups attached to an aromatic ring is 1. The van der Waals surface area contributed by atoms with Gasteiger partial charge in [0.1, 0.15) is 11.9 Å². The third-order valence-corrected chi connectivity index (χ3v) is 2.24. The van der Waals surface area contributed by atoms with Gasteiger partial charge in [0, 0.05) is 17.1 Å². The fraction of sp³-hybridized carbons (Fsp3) is 0.300. The molecule has 0 aliphatic rings. The van der Waals surface area contributed by atoms with Gasteiger partial charge in [0.25, 0.3) is 0 Å². The molecule has 1 heterocycles. The van der Waals surface area contributed by atoms with Crippen LogP contribution in [0.3, 0.4) is 0 Å². The molecule has 0 radical (unpaired) electrons. The summed E-state index contributed by atoms with van der Waals surface area (Å²) < 4.78 is 5.82. The molecule has 0 aliphatic carbocycles. The van der Waals surface area contributed by atoms with Gasteiger partial charge in [0.15, 0.2) is 0 Å². The fourth-order valence-electron chi connectivity index (χ4n) is 0.889. The van der Waals surface area contributed by atoms with Gasteiger partial charge in [0.2, 0.25) is 0 Å². The molecule has 0 aromatic carbocycles. The van der Waals surface area contributed by atoms with E-state index in [0.29, 0.717) is 18.8 Å². The molecule has 0 saturated carbocycles. The van der Waals surface area contributed by atoms with E-state index in [-0.39, 0.29) is 0 Å². The highest BCUT2D eigenvalue weighted by atomic mass is 79.9. The maximum Gasteiger partial charge on any atom is 0.123 e. The number of anilines is 1. The summed E-state index contributed by atoms with van der Waals surface area (Å²) in [5.41, 5.74) is 6.56. The first-order valence-corrected chi connectivity index (χ1v) is 5.03. The van der Waals surface area contributed by atoms with Gasteiger partial charge in [-0.3, -0.25) is 0 Å². The SMILES string of the molecule is CCOC#CCc1cc(N)ncc1Br. The number of hydrogen-bond acceptors (Lipinski definition) is 3. The highest BCUT2D eigenvalue weighted by Crippen LogP contribution is 2.17. The molecule has 1 aromatic heterocycles. The molecular formula is C10H11BrN2O. The van der Waals surface area contributed by atoms with Crippen LogP contribution in [0.2, 0.25) is 0 Å². The summed E-state index contributed by atoms with van der Waals surface area (Å²) in [5.74, 6) is 3.39. The Kier molecular flexibility index (Phi) is 4.27. The second-order valence-corrected chi connectivity index (χ2v) is 3.44. The Bertz CT molecular complexity index is 368. The van der Waals surface area contributed by atoms with E-state index in [0.717, 1.165) is 10.0 Å². The molecule has 0 atom stereocenters. The molecule has 0 saturated heterocycles. The molecular weight excluding hydrogens is 244 g/mol. The van der Waals surface area contributed by atoms with Crippen molar-refractivity contribution in [1.29, 1.82) is 0 Å². The van der Waals surface area contributed by atoms with Gasteiger partial charge in [-0.15, -0.1) is 0 Å². The quantitative estimate of drug-likeness (QED) is 0.822. The van der Waals surface area contributed by atoms with Crippen molar-refractivity contribution < 1.29 is 4.74 Å². The Hall–Kier alpha value is -1.21. The highest BCUT2D eigenvalue weighted by molar-refractivity contribution is 9.10. The van der Waals surface area contributed by atoms with Crippen LogP contribution in [0, 0.1) is 12.0 Å². The van der Waals surface area contributed by atoms with Gasteiger partial charge in [-0.05, 0) is 34.5 Å². The summed E-state index contributed by atoms with van der Waals surface area (Å²) in [7, 11) is 0. The van der Waals surface area contributed by atoms with Crippen molar-refractivity contribution in [2.75, 3.05) is 12.3 Å². The molecule has 14 heavy (non-hydrogen) atoms. The summed E-state index contributed by atoms with van der Waals surface area (Å²) >= 11 is 3.37. The zero-order valence-electron chi connectivity index (χ0n) is 7.88. The minimum Gasteiger partial charge on any atom is -0.447 e. The topological polar surface area (TPSA) is 48.1 Å². The standard InChI is InChI=1S/C10H11BrN2O/c1-2-14-5-3-4-8-6-10(12)13-7-9(8)11/h6-7H,2,4H2,1H3,(H2,12,13). The molecule has 1 aromatic rings. The summed E-state index contributed by atoms with van der Waals surface area (Å²) in [6, 6.07) is 1.80. The molecule has 0 unspecified atom stereocenters. The highest BCUT2D eigenvalue weighted by Gasteiger charge is 1.98. The van der Waals surface area contributed by atoms with E-state index in [2.05, 4.69) is 32.9 Å². The Balaban J connectivity index is 2.68. The maximum atomic E-state index is 5.55. The minimum atomic E-state index is 0.501. The average molecular weight is 255 g/mol. The normalized spacial score (nSPS) is 9.00. The molecule has 1 rings (SSSR count). The molecule has 2 N–H and O–H groups in total. The van der Waals surface area contributed by atoms with Crippen molar-refractivity contribution in [3.63, 3.8) is 0 Å². The predicted octanol–water partition coefficient (Wildman–Crippen LogP) is 1.97. The maximum absolute atomic E-state index is 5.55. The van der Waals surface area contributed by atoms with Crippen molar-refractivity contribution >= 4 is 21.7 Å². The molecule has 0 fully saturated rings. The van der Waals surface area contributed by atoms with Crippen molar-refractivity contribution in [3.8, 4) is 12.0 Å². The van der Waals surface area contributed by atoms with Crippen LogP contribution in [0.5, 0.6) is 0 Å². The van der Waals surface area contributed by atoms with Crippen LogP contribution in [0.4, 0.5) is 5.82 Å². The summed E-state index contributed by atoms with van der Waals surface area (Å²) in [6.07, 6.45) is 4.88. The number of nitrogens with two attached hydrogens (primary N) is 1. The molecule has 0 bridgehead atoms. The van der Waals surface area contributed by atoms with E-state index in [4.69, 9.17) is 10.5 Å². The third kappa shape index (κ3) is 3.27. The van der Waals surface area contributed by atoms with E-state index in [1.807, 2.05) is 6.92 Å². The lowest BCUT2D eigenvalue weighted by Gasteiger charge is -1.99. The van der Waals surface area contributed by atoms with Crippen LogP contribution in [0.1, 0.15) is 12.5 Å². The summed E-state index contributed by atoms with van der Waals surface area (Å²) in [4.78, 5) is 3.94. The first-order valence-electron chi connectivity index (χ1n) is 4.23. The zero-order chi connectivity index (χ0) is 10.4. The van der Waals surface area contributed by atoms with Gasteiger partial charge in [0.05, 0.1) is 6.61 Å². The van der Waals surface area contributed by atoms with Crippen molar-refractivity contribution in [2.24, 2.45) is 0 Å². The van der Waals surface area contributed by atoms with Crippen molar-refractivity contribution in [2.45, 2.75) is 13.3 Å². The lowest BCUT2D eigenvalue weighted by atomic mass is 10.2. The Labute approximate surface area is 91.8 Å². The Morgan fingerprint density at radius 1 is 1.64 bits per heavy atom. The van der Waals surface area contributed by atoms with Gasteiger partial charge in [-0.1, -0.05) is 5.92 Å². The zero-order valence-corrected chi connectivity index (χ0v) is 9.47. The largest absolute Gasteiger partial charge is 0.447 e. The molecule has 74 valence electrons. The average Bonchev–Trinajstić information content (AvgIpc) is 2.18. The predicted molar refractivity (Wildman–Crippen MR) is 59.5 cm³/mol. The van der Waals surface area contributed by atoms with Crippen LogP contribution < -0.4 is 5.73 Å². The van der Waals surface area contributed by atoms with Crippen molar-refractivity contribution in [1.82, 2.24) is 4.98 Å². The summed E-state index contributed by atoms with van der Waals surface area (Å²) in [6.45, 7) is 2.50. The van der Waals surface area contributed by atoms with Gasteiger partial charge < -0.3 is 10.5 Å². The number of pyridine rings is 1. The van der Waals surface area contributed by atoms with E-state index in [1.54, 1.807) is 12.3 Å². The minimum absolute atomic E-state index is 0.501. The second-order valence-electron chi connectivity index (χ2n) is 2.59.